The van der Waals surface area contributed by atoms with Crippen LogP contribution in [0.3, 0.4) is 0 Å². The molecule has 0 bridgehead atoms. The van der Waals surface area contributed by atoms with Gasteiger partial charge in [-0.3, -0.25) is 4.79 Å². The van der Waals surface area contributed by atoms with Gasteiger partial charge in [0.2, 0.25) is 0 Å². The van der Waals surface area contributed by atoms with Gasteiger partial charge in [-0.15, -0.1) is 0 Å². The van der Waals surface area contributed by atoms with Crippen LogP contribution >= 0.6 is 0 Å². The maximum Gasteiger partial charge on any atom is 0.319 e. The van der Waals surface area contributed by atoms with E-state index in [1.54, 1.807) is 0 Å². The van der Waals surface area contributed by atoms with E-state index in [2.05, 4.69) is 31.0 Å². The van der Waals surface area contributed by atoms with E-state index in [4.69, 9.17) is 4.74 Å². The number of hydrogen-bond acceptors (Lipinski definition) is 4. The minimum absolute atomic E-state index is 0.145. The topological polar surface area (TPSA) is 41.6 Å². The lowest BCUT2D eigenvalue weighted by Crippen LogP contribution is -2.34. The van der Waals surface area contributed by atoms with Crippen molar-refractivity contribution in [2.45, 2.75) is 33.6 Å². The van der Waals surface area contributed by atoms with Crippen LogP contribution in [0, 0.1) is 0 Å². The van der Waals surface area contributed by atoms with Crippen LogP contribution in [0.4, 0.5) is 0 Å². The SMILES string of the molecule is CCCCOC(=O)CNCCN(CC)CC. The number of ether oxygens (including phenoxy) is 1. The highest BCUT2D eigenvalue weighted by molar-refractivity contribution is 5.71. The van der Waals surface area contributed by atoms with Crippen molar-refractivity contribution in [1.82, 2.24) is 10.2 Å². The van der Waals surface area contributed by atoms with Gasteiger partial charge in [0.1, 0.15) is 0 Å². The predicted molar refractivity (Wildman–Crippen MR) is 66.5 cm³/mol. The van der Waals surface area contributed by atoms with Gasteiger partial charge < -0.3 is 15.0 Å². The quantitative estimate of drug-likeness (QED) is 0.453. The van der Waals surface area contributed by atoms with Gasteiger partial charge in [0.25, 0.3) is 0 Å². The molecule has 0 rings (SSSR count). The molecule has 0 saturated heterocycles. The molecule has 0 fully saturated rings. The normalized spacial score (nSPS) is 10.8. The molecule has 0 aliphatic heterocycles. The summed E-state index contributed by atoms with van der Waals surface area (Å²) in [4.78, 5) is 13.5. The molecule has 4 nitrogen and oxygen atoms in total. The Kier molecular flexibility index (Phi) is 10.5. The molecule has 0 aromatic rings. The Balaban J connectivity index is 3.33. The zero-order chi connectivity index (χ0) is 12.2. The molecule has 0 radical (unpaired) electrons. The summed E-state index contributed by atoms with van der Waals surface area (Å²) in [5.74, 6) is -0.145. The average Bonchev–Trinajstić information content (AvgIpc) is 2.30. The molecule has 0 heterocycles. The Labute approximate surface area is 99.3 Å². The molecule has 16 heavy (non-hydrogen) atoms. The molecule has 0 aromatic carbocycles. The Morgan fingerprint density at radius 1 is 1.25 bits per heavy atom. The first-order valence-corrected chi connectivity index (χ1v) is 6.33. The Bertz CT molecular complexity index is 170. The molecule has 0 aliphatic carbocycles. The summed E-state index contributed by atoms with van der Waals surface area (Å²) in [5.41, 5.74) is 0. The zero-order valence-electron chi connectivity index (χ0n) is 10.9. The Hall–Kier alpha value is -0.610. The van der Waals surface area contributed by atoms with Crippen LogP contribution in [0.15, 0.2) is 0 Å². The predicted octanol–water partition coefficient (Wildman–Crippen LogP) is 1.26. The van der Waals surface area contributed by atoms with Gasteiger partial charge in [-0.05, 0) is 19.5 Å². The van der Waals surface area contributed by atoms with Crippen LogP contribution in [0.5, 0.6) is 0 Å². The maximum absolute atomic E-state index is 11.2. The van der Waals surface area contributed by atoms with E-state index in [1.165, 1.54) is 0 Å². The highest BCUT2D eigenvalue weighted by Gasteiger charge is 2.02. The Morgan fingerprint density at radius 3 is 2.50 bits per heavy atom. The van der Waals surface area contributed by atoms with Crippen molar-refractivity contribution in [2.24, 2.45) is 0 Å². The molecule has 0 unspecified atom stereocenters. The van der Waals surface area contributed by atoms with Gasteiger partial charge in [-0.2, -0.15) is 0 Å². The molecule has 96 valence electrons. The first kappa shape index (κ1) is 15.4. The molecule has 0 amide bonds. The number of carbonyl (C=O) groups excluding carboxylic acids is 1. The minimum Gasteiger partial charge on any atom is -0.465 e. The summed E-state index contributed by atoms with van der Waals surface area (Å²) < 4.78 is 5.03. The summed E-state index contributed by atoms with van der Waals surface area (Å²) in [6.07, 6.45) is 2.01. The van der Waals surface area contributed by atoms with Crippen LogP contribution in [0.2, 0.25) is 0 Å². The van der Waals surface area contributed by atoms with E-state index in [0.29, 0.717) is 13.2 Å². The lowest BCUT2D eigenvalue weighted by atomic mass is 10.4. The van der Waals surface area contributed by atoms with E-state index in [1.807, 2.05) is 0 Å². The lowest BCUT2D eigenvalue weighted by Gasteiger charge is -2.17. The molecule has 0 saturated carbocycles. The van der Waals surface area contributed by atoms with Crippen LogP contribution < -0.4 is 5.32 Å². The molecule has 0 aliphatic rings. The van der Waals surface area contributed by atoms with Gasteiger partial charge in [0.15, 0.2) is 0 Å². The van der Waals surface area contributed by atoms with Gasteiger partial charge in [-0.1, -0.05) is 27.2 Å². The number of carbonyl (C=O) groups is 1. The fraction of sp³-hybridized carbons (Fsp3) is 0.917. The smallest absolute Gasteiger partial charge is 0.319 e. The number of esters is 1. The average molecular weight is 230 g/mol. The standard InChI is InChI=1S/C12H26N2O2/c1-4-7-10-16-12(15)11-13-8-9-14(5-2)6-3/h13H,4-11H2,1-3H3. The molecular formula is C12H26N2O2. The van der Waals surface area contributed by atoms with E-state index < -0.39 is 0 Å². The minimum atomic E-state index is -0.145. The first-order valence-electron chi connectivity index (χ1n) is 6.33. The molecule has 1 N–H and O–H groups in total. The monoisotopic (exact) mass is 230 g/mol. The zero-order valence-corrected chi connectivity index (χ0v) is 10.9. The fourth-order valence-corrected chi connectivity index (χ4v) is 1.35. The summed E-state index contributed by atoms with van der Waals surface area (Å²) in [7, 11) is 0. The largest absolute Gasteiger partial charge is 0.465 e. The number of nitrogens with zero attached hydrogens (tertiary/aromatic N) is 1. The van der Waals surface area contributed by atoms with Crippen molar-refractivity contribution in [3.05, 3.63) is 0 Å². The van der Waals surface area contributed by atoms with Crippen molar-refractivity contribution >= 4 is 5.97 Å². The molecule has 0 atom stereocenters. The number of hydrogen-bond donors (Lipinski definition) is 1. The Morgan fingerprint density at radius 2 is 1.94 bits per heavy atom. The van der Waals surface area contributed by atoms with Crippen LogP contribution in [-0.2, 0) is 9.53 Å². The third-order valence-electron chi connectivity index (χ3n) is 2.53. The molecule has 0 spiro atoms. The van der Waals surface area contributed by atoms with Crippen LogP contribution in [0.1, 0.15) is 33.6 Å². The number of rotatable bonds is 10. The fourth-order valence-electron chi connectivity index (χ4n) is 1.35. The molecule has 0 aromatic heterocycles. The van der Waals surface area contributed by atoms with Gasteiger partial charge in [0, 0.05) is 13.1 Å². The summed E-state index contributed by atoms with van der Waals surface area (Å²) in [5, 5.41) is 3.09. The van der Waals surface area contributed by atoms with E-state index in [0.717, 1.165) is 39.0 Å². The van der Waals surface area contributed by atoms with Crippen molar-refractivity contribution in [1.29, 1.82) is 0 Å². The number of likely N-dealkylation sites (N-methyl/N-ethyl adjacent to an activating group) is 1. The van der Waals surface area contributed by atoms with Crippen molar-refractivity contribution in [3.8, 4) is 0 Å². The third kappa shape index (κ3) is 8.68. The van der Waals surface area contributed by atoms with Gasteiger partial charge in [-0.25, -0.2) is 0 Å². The third-order valence-corrected chi connectivity index (χ3v) is 2.53. The second-order valence-electron chi connectivity index (χ2n) is 3.78. The molecule has 4 heteroatoms. The lowest BCUT2D eigenvalue weighted by molar-refractivity contribution is -0.142. The first-order chi connectivity index (χ1) is 7.74. The van der Waals surface area contributed by atoms with Crippen molar-refractivity contribution in [3.63, 3.8) is 0 Å². The van der Waals surface area contributed by atoms with E-state index in [9.17, 15) is 4.79 Å². The van der Waals surface area contributed by atoms with E-state index >= 15 is 0 Å². The highest BCUT2D eigenvalue weighted by atomic mass is 16.5. The summed E-state index contributed by atoms with van der Waals surface area (Å²) in [6, 6.07) is 0. The number of nitrogens with one attached hydrogen (secondary N) is 1. The molecular weight excluding hydrogens is 204 g/mol. The van der Waals surface area contributed by atoms with Crippen molar-refractivity contribution < 1.29 is 9.53 Å². The van der Waals surface area contributed by atoms with E-state index in [-0.39, 0.29) is 5.97 Å². The van der Waals surface area contributed by atoms with Crippen LogP contribution in [0.25, 0.3) is 0 Å². The summed E-state index contributed by atoms with van der Waals surface area (Å²) in [6.45, 7) is 11.2. The van der Waals surface area contributed by atoms with Gasteiger partial charge in [0.05, 0.1) is 13.2 Å². The summed E-state index contributed by atoms with van der Waals surface area (Å²) >= 11 is 0. The number of unbranched alkanes of at least 4 members (excludes halogenated alkanes) is 1. The maximum atomic E-state index is 11.2. The second-order valence-corrected chi connectivity index (χ2v) is 3.78. The highest BCUT2D eigenvalue weighted by Crippen LogP contribution is 1.88. The second kappa shape index (κ2) is 10.9. The van der Waals surface area contributed by atoms with Crippen LogP contribution in [-0.4, -0.2) is 50.2 Å². The van der Waals surface area contributed by atoms with Gasteiger partial charge >= 0.3 is 5.97 Å². The van der Waals surface area contributed by atoms with Crippen molar-refractivity contribution in [2.75, 3.05) is 39.3 Å².